The number of benzene rings is 1. The van der Waals surface area contributed by atoms with E-state index in [0.717, 1.165) is 5.56 Å². The van der Waals surface area contributed by atoms with Crippen molar-refractivity contribution in [2.75, 3.05) is 5.32 Å². The van der Waals surface area contributed by atoms with E-state index in [2.05, 4.69) is 15.3 Å². The van der Waals surface area contributed by atoms with Crippen molar-refractivity contribution in [2.24, 2.45) is 0 Å². The molecule has 0 saturated heterocycles. The zero-order valence-electron chi connectivity index (χ0n) is 9.64. The first-order valence-corrected chi connectivity index (χ1v) is 5.94. The largest absolute Gasteiger partial charge is 0.311 e. The number of carbonyl (C=O) groups excluding carboxylic acids is 1. The number of aromatic nitrogens is 2. The number of hydrogen-bond donors (Lipinski definition) is 1. The molecule has 0 aliphatic rings. The van der Waals surface area contributed by atoms with Gasteiger partial charge in [0.2, 0.25) is 11.2 Å². The molecule has 4 nitrogen and oxygen atoms in total. The van der Waals surface area contributed by atoms with E-state index in [4.69, 9.17) is 11.6 Å². The third kappa shape index (κ3) is 3.82. The van der Waals surface area contributed by atoms with Crippen molar-refractivity contribution >= 4 is 23.3 Å². The SMILES string of the molecule is O=C(CCc1ccccc1)Nc1ccnc(Cl)n1. The Bertz CT molecular complexity index is 531. The average molecular weight is 262 g/mol. The molecule has 0 aliphatic heterocycles. The van der Waals surface area contributed by atoms with Gasteiger partial charge in [-0.25, -0.2) is 9.97 Å². The van der Waals surface area contributed by atoms with E-state index in [-0.39, 0.29) is 11.2 Å². The van der Waals surface area contributed by atoms with Gasteiger partial charge in [-0.15, -0.1) is 0 Å². The first-order valence-electron chi connectivity index (χ1n) is 5.56. The molecule has 18 heavy (non-hydrogen) atoms. The summed E-state index contributed by atoms with van der Waals surface area (Å²) < 4.78 is 0. The Hall–Kier alpha value is -1.94. The molecule has 0 radical (unpaired) electrons. The molecule has 0 spiro atoms. The number of nitrogens with zero attached hydrogens (tertiary/aromatic N) is 2. The van der Waals surface area contributed by atoms with E-state index >= 15 is 0 Å². The van der Waals surface area contributed by atoms with E-state index < -0.39 is 0 Å². The summed E-state index contributed by atoms with van der Waals surface area (Å²) in [5.74, 6) is 0.335. The lowest BCUT2D eigenvalue weighted by atomic mass is 10.1. The number of rotatable bonds is 4. The molecule has 0 fully saturated rings. The molecule has 0 saturated carbocycles. The number of aryl methyl sites for hydroxylation is 1. The Kier molecular flexibility index (Phi) is 4.25. The predicted octanol–water partition coefficient (Wildman–Crippen LogP) is 2.70. The lowest BCUT2D eigenvalue weighted by molar-refractivity contribution is -0.116. The van der Waals surface area contributed by atoms with Gasteiger partial charge in [-0.2, -0.15) is 0 Å². The van der Waals surface area contributed by atoms with E-state index in [9.17, 15) is 4.79 Å². The van der Waals surface area contributed by atoms with Crippen molar-refractivity contribution in [2.45, 2.75) is 12.8 Å². The quantitative estimate of drug-likeness (QED) is 0.861. The molecule has 1 amide bonds. The number of anilines is 1. The van der Waals surface area contributed by atoms with Crippen molar-refractivity contribution in [1.29, 1.82) is 0 Å². The molecule has 2 rings (SSSR count). The maximum atomic E-state index is 11.7. The monoisotopic (exact) mass is 261 g/mol. The molecular weight excluding hydrogens is 250 g/mol. The number of carbonyl (C=O) groups is 1. The highest BCUT2D eigenvalue weighted by atomic mass is 35.5. The Morgan fingerprint density at radius 1 is 1.22 bits per heavy atom. The normalized spacial score (nSPS) is 10.1. The summed E-state index contributed by atoms with van der Waals surface area (Å²) in [6.07, 6.45) is 2.61. The van der Waals surface area contributed by atoms with E-state index in [0.29, 0.717) is 18.7 Å². The third-order valence-electron chi connectivity index (χ3n) is 2.38. The topological polar surface area (TPSA) is 54.9 Å². The van der Waals surface area contributed by atoms with Crippen molar-refractivity contribution < 1.29 is 4.79 Å². The van der Waals surface area contributed by atoms with Crippen LogP contribution in [0.1, 0.15) is 12.0 Å². The van der Waals surface area contributed by atoms with Gasteiger partial charge in [0.05, 0.1) is 0 Å². The number of nitrogens with one attached hydrogen (secondary N) is 1. The molecule has 0 aliphatic carbocycles. The van der Waals surface area contributed by atoms with Gasteiger partial charge in [-0.1, -0.05) is 30.3 Å². The molecule has 1 aromatic heterocycles. The van der Waals surface area contributed by atoms with Gasteiger partial charge in [0.1, 0.15) is 5.82 Å². The summed E-state index contributed by atoms with van der Waals surface area (Å²) in [5, 5.41) is 2.80. The second-order valence-electron chi connectivity index (χ2n) is 3.74. The van der Waals surface area contributed by atoms with Gasteiger partial charge < -0.3 is 5.32 Å². The maximum Gasteiger partial charge on any atom is 0.225 e. The Morgan fingerprint density at radius 2 is 2.00 bits per heavy atom. The standard InChI is InChI=1S/C13H12ClN3O/c14-13-15-9-8-11(17-13)16-12(18)7-6-10-4-2-1-3-5-10/h1-5,8-9H,6-7H2,(H,15,16,17,18). The van der Waals surface area contributed by atoms with Crippen molar-refractivity contribution in [3.63, 3.8) is 0 Å². The molecule has 92 valence electrons. The molecular formula is C13H12ClN3O. The van der Waals surface area contributed by atoms with E-state index in [1.807, 2.05) is 30.3 Å². The minimum atomic E-state index is -0.0892. The lowest BCUT2D eigenvalue weighted by Gasteiger charge is -2.04. The second kappa shape index (κ2) is 6.12. The highest BCUT2D eigenvalue weighted by Gasteiger charge is 2.04. The minimum Gasteiger partial charge on any atom is -0.311 e. The van der Waals surface area contributed by atoms with Crippen LogP contribution in [0.4, 0.5) is 5.82 Å². The van der Waals surface area contributed by atoms with Crippen molar-refractivity contribution in [3.05, 3.63) is 53.4 Å². The summed E-state index contributed by atoms with van der Waals surface area (Å²) in [4.78, 5) is 19.3. The molecule has 1 N–H and O–H groups in total. The van der Waals surface area contributed by atoms with Gasteiger partial charge in [-0.3, -0.25) is 4.79 Å². The summed E-state index contributed by atoms with van der Waals surface area (Å²) >= 11 is 5.63. The van der Waals surface area contributed by atoms with Crippen LogP contribution in [0.5, 0.6) is 0 Å². The second-order valence-corrected chi connectivity index (χ2v) is 4.08. The molecule has 0 bridgehead atoms. The number of halogens is 1. The number of hydrogen-bond acceptors (Lipinski definition) is 3. The summed E-state index contributed by atoms with van der Waals surface area (Å²) in [5.41, 5.74) is 1.13. The molecule has 0 atom stereocenters. The first-order chi connectivity index (χ1) is 8.74. The van der Waals surface area contributed by atoms with Crippen LogP contribution in [-0.2, 0) is 11.2 Å². The van der Waals surface area contributed by atoms with Crippen LogP contribution in [0.2, 0.25) is 5.28 Å². The minimum absolute atomic E-state index is 0.0892. The zero-order valence-corrected chi connectivity index (χ0v) is 10.4. The van der Waals surface area contributed by atoms with Gasteiger partial charge >= 0.3 is 0 Å². The van der Waals surface area contributed by atoms with E-state index in [1.54, 1.807) is 6.07 Å². The molecule has 5 heteroatoms. The highest BCUT2D eigenvalue weighted by Crippen LogP contribution is 2.07. The van der Waals surface area contributed by atoms with Gasteiger partial charge in [0.25, 0.3) is 0 Å². The van der Waals surface area contributed by atoms with Crippen LogP contribution in [0, 0.1) is 0 Å². The van der Waals surface area contributed by atoms with Gasteiger partial charge in [0, 0.05) is 12.6 Å². The van der Waals surface area contributed by atoms with E-state index in [1.165, 1.54) is 6.20 Å². The fourth-order valence-corrected chi connectivity index (χ4v) is 1.66. The fourth-order valence-electron chi connectivity index (χ4n) is 1.51. The van der Waals surface area contributed by atoms with Crippen LogP contribution >= 0.6 is 11.6 Å². The molecule has 1 heterocycles. The summed E-state index contributed by atoms with van der Waals surface area (Å²) in [6, 6.07) is 11.5. The van der Waals surface area contributed by atoms with Crippen LogP contribution in [-0.4, -0.2) is 15.9 Å². The Balaban J connectivity index is 1.86. The van der Waals surface area contributed by atoms with Crippen LogP contribution in [0.15, 0.2) is 42.6 Å². The van der Waals surface area contributed by atoms with Crippen molar-refractivity contribution in [3.8, 4) is 0 Å². The van der Waals surface area contributed by atoms with Crippen LogP contribution in [0.3, 0.4) is 0 Å². The highest BCUT2D eigenvalue weighted by molar-refractivity contribution is 6.28. The Labute approximate surface area is 110 Å². The fraction of sp³-hybridized carbons (Fsp3) is 0.154. The third-order valence-corrected chi connectivity index (χ3v) is 2.56. The van der Waals surface area contributed by atoms with Gasteiger partial charge in [-0.05, 0) is 29.7 Å². The Morgan fingerprint density at radius 3 is 2.72 bits per heavy atom. The molecule has 0 unspecified atom stereocenters. The molecule has 2 aromatic rings. The predicted molar refractivity (Wildman–Crippen MR) is 70.4 cm³/mol. The van der Waals surface area contributed by atoms with Crippen LogP contribution in [0.25, 0.3) is 0 Å². The van der Waals surface area contributed by atoms with Gasteiger partial charge in [0.15, 0.2) is 0 Å². The molecule has 1 aromatic carbocycles. The van der Waals surface area contributed by atoms with Crippen LogP contribution < -0.4 is 5.32 Å². The number of amides is 1. The lowest BCUT2D eigenvalue weighted by Crippen LogP contribution is -2.13. The zero-order chi connectivity index (χ0) is 12.8. The smallest absolute Gasteiger partial charge is 0.225 e. The first kappa shape index (κ1) is 12.5. The summed E-state index contributed by atoms with van der Waals surface area (Å²) in [6.45, 7) is 0. The van der Waals surface area contributed by atoms with Crippen molar-refractivity contribution in [1.82, 2.24) is 9.97 Å². The maximum absolute atomic E-state index is 11.7. The summed E-state index contributed by atoms with van der Waals surface area (Å²) in [7, 11) is 0. The average Bonchev–Trinajstić information content (AvgIpc) is 2.38.